The molecule has 0 aliphatic rings. The Kier molecular flexibility index (Phi) is 5.98. The SMILES string of the molecule is COc1ccc(OC)c([C@H](C)NS(=O)(=O)c2cccc(Cl)c2Cl)c1. The number of benzene rings is 2. The van der Waals surface area contributed by atoms with E-state index in [1.54, 1.807) is 25.1 Å². The van der Waals surface area contributed by atoms with E-state index in [9.17, 15) is 8.42 Å². The van der Waals surface area contributed by atoms with Crippen LogP contribution in [0.3, 0.4) is 0 Å². The minimum absolute atomic E-state index is 0.0172. The van der Waals surface area contributed by atoms with Crippen molar-refractivity contribution in [2.45, 2.75) is 17.9 Å². The Labute approximate surface area is 151 Å². The van der Waals surface area contributed by atoms with Gasteiger partial charge >= 0.3 is 0 Å². The predicted molar refractivity (Wildman–Crippen MR) is 94.7 cm³/mol. The van der Waals surface area contributed by atoms with Gasteiger partial charge < -0.3 is 9.47 Å². The Hall–Kier alpha value is -1.47. The standard InChI is InChI=1S/C16H17Cl2NO4S/c1-10(12-9-11(22-2)7-8-14(12)23-3)19-24(20,21)15-6-4-5-13(17)16(15)18/h4-10,19H,1-3H3/t10-/m0/s1. The highest BCUT2D eigenvalue weighted by Crippen LogP contribution is 2.32. The van der Waals surface area contributed by atoms with E-state index in [0.717, 1.165) is 0 Å². The van der Waals surface area contributed by atoms with Crippen LogP contribution in [0.2, 0.25) is 10.0 Å². The van der Waals surface area contributed by atoms with E-state index in [0.29, 0.717) is 17.1 Å². The number of sulfonamides is 1. The number of hydrogen-bond acceptors (Lipinski definition) is 4. The molecule has 8 heteroatoms. The summed E-state index contributed by atoms with van der Waals surface area (Å²) in [6.07, 6.45) is 0. The average molecular weight is 390 g/mol. The van der Waals surface area contributed by atoms with Gasteiger partial charge in [-0.25, -0.2) is 13.1 Å². The lowest BCUT2D eigenvalue weighted by atomic mass is 10.1. The molecule has 0 saturated heterocycles. The molecule has 0 aliphatic heterocycles. The van der Waals surface area contributed by atoms with Gasteiger partial charge in [0.2, 0.25) is 10.0 Å². The van der Waals surface area contributed by atoms with E-state index in [-0.39, 0.29) is 14.9 Å². The van der Waals surface area contributed by atoms with Crippen molar-refractivity contribution >= 4 is 33.2 Å². The van der Waals surface area contributed by atoms with Crippen molar-refractivity contribution in [3.63, 3.8) is 0 Å². The van der Waals surface area contributed by atoms with Gasteiger partial charge in [-0.05, 0) is 37.3 Å². The molecule has 0 unspecified atom stereocenters. The molecule has 5 nitrogen and oxygen atoms in total. The lowest BCUT2D eigenvalue weighted by Crippen LogP contribution is -2.27. The molecule has 0 amide bonds. The van der Waals surface area contributed by atoms with Gasteiger partial charge in [0.15, 0.2) is 0 Å². The molecular weight excluding hydrogens is 373 g/mol. The van der Waals surface area contributed by atoms with Gasteiger partial charge in [-0.2, -0.15) is 0 Å². The summed E-state index contributed by atoms with van der Waals surface area (Å²) in [6.45, 7) is 1.70. The highest BCUT2D eigenvalue weighted by atomic mass is 35.5. The topological polar surface area (TPSA) is 64.6 Å². The van der Waals surface area contributed by atoms with E-state index in [2.05, 4.69) is 4.72 Å². The summed E-state index contributed by atoms with van der Waals surface area (Å²) in [4.78, 5) is -0.0784. The molecule has 0 bridgehead atoms. The van der Waals surface area contributed by atoms with Gasteiger partial charge in [-0.15, -0.1) is 0 Å². The van der Waals surface area contributed by atoms with Crippen molar-refractivity contribution in [2.75, 3.05) is 14.2 Å². The van der Waals surface area contributed by atoms with Gasteiger partial charge in [-0.1, -0.05) is 29.3 Å². The van der Waals surface area contributed by atoms with Gasteiger partial charge in [0, 0.05) is 11.6 Å². The van der Waals surface area contributed by atoms with Crippen LogP contribution in [-0.2, 0) is 10.0 Å². The van der Waals surface area contributed by atoms with Crippen molar-refractivity contribution in [3.05, 3.63) is 52.0 Å². The van der Waals surface area contributed by atoms with E-state index in [1.165, 1.54) is 32.4 Å². The molecular formula is C16H17Cl2NO4S. The second-order valence-electron chi connectivity index (χ2n) is 5.00. The second kappa shape index (κ2) is 7.61. The van der Waals surface area contributed by atoms with Gasteiger partial charge in [-0.3, -0.25) is 0 Å². The van der Waals surface area contributed by atoms with E-state index < -0.39 is 16.1 Å². The first-order valence-corrected chi connectivity index (χ1v) is 9.22. The summed E-state index contributed by atoms with van der Waals surface area (Å²) in [5.74, 6) is 1.14. The Morgan fingerprint density at radius 1 is 1.08 bits per heavy atom. The Balaban J connectivity index is 2.38. The highest BCUT2D eigenvalue weighted by Gasteiger charge is 2.24. The van der Waals surface area contributed by atoms with Crippen molar-refractivity contribution in [1.82, 2.24) is 4.72 Å². The van der Waals surface area contributed by atoms with Crippen LogP contribution < -0.4 is 14.2 Å². The molecule has 1 atom stereocenters. The monoisotopic (exact) mass is 389 g/mol. The van der Waals surface area contributed by atoms with Crippen molar-refractivity contribution in [1.29, 1.82) is 0 Å². The lowest BCUT2D eigenvalue weighted by Gasteiger charge is -2.19. The number of halogens is 2. The summed E-state index contributed by atoms with van der Waals surface area (Å²) < 4.78 is 38.3. The van der Waals surface area contributed by atoms with Crippen LogP contribution in [-0.4, -0.2) is 22.6 Å². The predicted octanol–water partition coefficient (Wildman–Crippen LogP) is 4.05. The summed E-state index contributed by atoms with van der Waals surface area (Å²) >= 11 is 11.9. The Morgan fingerprint density at radius 3 is 2.42 bits per heavy atom. The molecule has 2 rings (SSSR count). The highest BCUT2D eigenvalue weighted by molar-refractivity contribution is 7.89. The molecule has 1 N–H and O–H groups in total. The molecule has 0 fully saturated rings. The summed E-state index contributed by atoms with van der Waals surface area (Å²) in [7, 11) is -0.820. The first-order valence-electron chi connectivity index (χ1n) is 6.98. The molecule has 0 saturated carbocycles. The molecule has 2 aromatic rings. The second-order valence-corrected chi connectivity index (χ2v) is 7.47. The normalized spacial score (nSPS) is 12.7. The van der Waals surface area contributed by atoms with Crippen molar-refractivity contribution in [3.8, 4) is 11.5 Å². The van der Waals surface area contributed by atoms with E-state index in [1.807, 2.05) is 0 Å². The average Bonchev–Trinajstić information content (AvgIpc) is 2.56. The lowest BCUT2D eigenvalue weighted by molar-refractivity contribution is 0.395. The number of ether oxygens (including phenoxy) is 2. The van der Waals surface area contributed by atoms with Crippen molar-refractivity contribution in [2.24, 2.45) is 0 Å². The third-order valence-corrected chi connectivity index (χ3v) is 5.96. The number of nitrogens with one attached hydrogen (secondary N) is 1. The van der Waals surface area contributed by atoms with Gasteiger partial charge in [0.1, 0.15) is 16.4 Å². The molecule has 2 aromatic carbocycles. The van der Waals surface area contributed by atoms with Gasteiger partial charge in [0.25, 0.3) is 0 Å². The third-order valence-electron chi connectivity index (χ3n) is 3.44. The van der Waals surface area contributed by atoms with Crippen LogP contribution in [0.5, 0.6) is 11.5 Å². The van der Waals surface area contributed by atoms with E-state index >= 15 is 0 Å². The maximum Gasteiger partial charge on any atom is 0.242 e. The first-order chi connectivity index (χ1) is 11.3. The van der Waals surface area contributed by atoms with Crippen LogP contribution >= 0.6 is 23.2 Å². The minimum Gasteiger partial charge on any atom is -0.497 e. The number of rotatable bonds is 6. The molecule has 0 aromatic heterocycles. The van der Waals surface area contributed by atoms with Crippen LogP contribution in [0.15, 0.2) is 41.3 Å². The quantitative estimate of drug-likeness (QED) is 0.808. The molecule has 0 heterocycles. The molecule has 0 radical (unpaired) electrons. The zero-order chi connectivity index (χ0) is 17.9. The Bertz CT molecular complexity index is 840. The fourth-order valence-corrected chi connectivity index (χ4v) is 4.21. The zero-order valence-corrected chi connectivity index (χ0v) is 15.7. The molecule has 0 spiro atoms. The van der Waals surface area contributed by atoms with Gasteiger partial charge in [0.05, 0.1) is 24.3 Å². The first kappa shape index (κ1) is 18.9. The maximum absolute atomic E-state index is 12.6. The summed E-state index contributed by atoms with van der Waals surface area (Å²) in [6, 6.07) is 9.03. The number of methoxy groups -OCH3 is 2. The smallest absolute Gasteiger partial charge is 0.242 e. The van der Waals surface area contributed by atoms with Crippen LogP contribution in [0.4, 0.5) is 0 Å². The molecule has 0 aliphatic carbocycles. The molecule has 24 heavy (non-hydrogen) atoms. The van der Waals surface area contributed by atoms with E-state index in [4.69, 9.17) is 32.7 Å². The third kappa shape index (κ3) is 3.95. The largest absolute Gasteiger partial charge is 0.497 e. The van der Waals surface area contributed by atoms with Crippen LogP contribution in [0, 0.1) is 0 Å². The Morgan fingerprint density at radius 2 is 1.79 bits per heavy atom. The summed E-state index contributed by atoms with van der Waals surface area (Å²) in [5, 5.41) is 0.155. The number of hydrogen-bond donors (Lipinski definition) is 1. The summed E-state index contributed by atoms with van der Waals surface area (Å²) in [5.41, 5.74) is 0.638. The van der Waals surface area contributed by atoms with Crippen LogP contribution in [0.1, 0.15) is 18.5 Å². The van der Waals surface area contributed by atoms with Crippen LogP contribution in [0.25, 0.3) is 0 Å². The molecule has 130 valence electrons. The fraction of sp³-hybridized carbons (Fsp3) is 0.250. The minimum atomic E-state index is -3.87. The van der Waals surface area contributed by atoms with Crippen molar-refractivity contribution < 1.29 is 17.9 Å². The fourth-order valence-electron chi connectivity index (χ4n) is 2.23. The maximum atomic E-state index is 12.6. The zero-order valence-electron chi connectivity index (χ0n) is 13.3.